The predicted octanol–water partition coefficient (Wildman–Crippen LogP) is 5.45. The molecule has 0 saturated heterocycles. The van der Waals surface area contributed by atoms with Crippen LogP contribution >= 0.6 is 11.6 Å². The van der Waals surface area contributed by atoms with Gasteiger partial charge in [-0.3, -0.25) is 9.59 Å². The zero-order valence-electron chi connectivity index (χ0n) is 20.4. The fraction of sp³-hybridized carbons (Fsp3) is 0.310. The second-order valence-electron chi connectivity index (χ2n) is 8.43. The van der Waals surface area contributed by atoms with Crippen LogP contribution in [0.5, 0.6) is 5.75 Å². The third-order valence-corrected chi connectivity index (χ3v) is 6.03. The van der Waals surface area contributed by atoms with Gasteiger partial charge in [0.15, 0.2) is 6.61 Å². The Morgan fingerprint density at radius 3 is 2.17 bits per heavy atom. The molecule has 184 valence electrons. The van der Waals surface area contributed by atoms with E-state index in [1.165, 1.54) is 5.56 Å². The minimum absolute atomic E-state index is 0.161. The van der Waals surface area contributed by atoms with E-state index in [2.05, 4.69) is 12.2 Å². The number of amides is 2. The Hall–Kier alpha value is -3.31. The first-order valence-electron chi connectivity index (χ1n) is 12.1. The molecule has 0 saturated carbocycles. The maximum absolute atomic E-state index is 13.5. The molecule has 1 unspecified atom stereocenters. The smallest absolute Gasteiger partial charge is 0.261 e. The lowest BCUT2D eigenvalue weighted by molar-refractivity contribution is -0.142. The second kappa shape index (κ2) is 13.5. The molecule has 0 heterocycles. The van der Waals surface area contributed by atoms with Crippen LogP contribution in [0.1, 0.15) is 37.0 Å². The van der Waals surface area contributed by atoms with E-state index < -0.39 is 6.04 Å². The Kier molecular flexibility index (Phi) is 10.2. The van der Waals surface area contributed by atoms with Gasteiger partial charge in [-0.15, -0.1) is 0 Å². The SMILES string of the molecule is CCCNC(=O)C(Cc1ccccc1)N(Cc1ccc(Cl)cc1)C(=O)COc1ccc(CC)cc1. The Morgan fingerprint density at radius 1 is 0.886 bits per heavy atom. The Bertz CT molecular complexity index is 1070. The zero-order chi connectivity index (χ0) is 25.0. The van der Waals surface area contributed by atoms with Crippen LogP contribution in [0.4, 0.5) is 0 Å². The molecule has 1 N–H and O–H groups in total. The van der Waals surface area contributed by atoms with Crippen LogP contribution in [0, 0.1) is 0 Å². The van der Waals surface area contributed by atoms with Gasteiger partial charge in [0.05, 0.1) is 0 Å². The van der Waals surface area contributed by atoms with Crippen LogP contribution in [-0.4, -0.2) is 35.9 Å². The van der Waals surface area contributed by atoms with E-state index in [9.17, 15) is 9.59 Å². The number of ether oxygens (including phenoxy) is 1. The fourth-order valence-corrected chi connectivity index (χ4v) is 3.88. The van der Waals surface area contributed by atoms with Crippen molar-refractivity contribution < 1.29 is 14.3 Å². The van der Waals surface area contributed by atoms with Crippen LogP contribution in [-0.2, 0) is 29.0 Å². The molecule has 3 aromatic carbocycles. The van der Waals surface area contributed by atoms with Gasteiger partial charge in [-0.05, 0) is 53.8 Å². The van der Waals surface area contributed by atoms with E-state index in [1.54, 1.807) is 17.0 Å². The van der Waals surface area contributed by atoms with Crippen molar-refractivity contribution in [2.24, 2.45) is 0 Å². The van der Waals surface area contributed by atoms with E-state index in [0.717, 1.165) is 24.0 Å². The van der Waals surface area contributed by atoms with Gasteiger partial charge in [-0.2, -0.15) is 0 Å². The quantitative estimate of drug-likeness (QED) is 0.366. The largest absolute Gasteiger partial charge is 0.484 e. The van der Waals surface area contributed by atoms with Crippen molar-refractivity contribution >= 4 is 23.4 Å². The summed E-state index contributed by atoms with van der Waals surface area (Å²) in [5.41, 5.74) is 3.06. The lowest BCUT2D eigenvalue weighted by Gasteiger charge is -2.31. The van der Waals surface area contributed by atoms with Crippen molar-refractivity contribution in [1.82, 2.24) is 10.2 Å². The number of rotatable bonds is 12. The summed E-state index contributed by atoms with van der Waals surface area (Å²) in [7, 11) is 0. The lowest BCUT2D eigenvalue weighted by Crippen LogP contribution is -2.51. The third kappa shape index (κ3) is 8.15. The van der Waals surface area contributed by atoms with Gasteiger partial charge in [-0.25, -0.2) is 0 Å². The monoisotopic (exact) mass is 492 g/mol. The number of carbonyl (C=O) groups is 2. The highest BCUT2D eigenvalue weighted by molar-refractivity contribution is 6.30. The minimum atomic E-state index is -0.682. The van der Waals surface area contributed by atoms with Gasteiger partial charge in [0, 0.05) is 24.5 Å². The molecular weight excluding hydrogens is 460 g/mol. The lowest BCUT2D eigenvalue weighted by atomic mass is 10.0. The molecule has 0 aliphatic carbocycles. The standard InChI is InChI=1S/C29H33ClN2O3/c1-3-18-31-29(34)27(19-23-8-6-5-7-9-23)32(20-24-10-14-25(30)15-11-24)28(33)21-35-26-16-12-22(4-2)13-17-26/h5-17,27H,3-4,18-21H2,1-2H3,(H,31,34). The van der Waals surface area contributed by atoms with Crippen LogP contribution in [0.15, 0.2) is 78.9 Å². The summed E-state index contributed by atoms with van der Waals surface area (Å²) < 4.78 is 5.82. The molecule has 0 bridgehead atoms. The van der Waals surface area contributed by atoms with Gasteiger partial charge in [0.1, 0.15) is 11.8 Å². The molecule has 3 rings (SSSR count). The number of halogens is 1. The first-order valence-corrected chi connectivity index (χ1v) is 12.4. The second-order valence-corrected chi connectivity index (χ2v) is 8.87. The highest BCUT2D eigenvalue weighted by atomic mass is 35.5. The number of carbonyl (C=O) groups excluding carboxylic acids is 2. The van der Waals surface area contributed by atoms with Gasteiger partial charge >= 0.3 is 0 Å². The summed E-state index contributed by atoms with van der Waals surface area (Å²) in [5, 5.41) is 3.59. The molecule has 0 aromatic heterocycles. The molecule has 0 aliphatic heterocycles. The van der Waals surface area contributed by atoms with Crippen molar-refractivity contribution in [3.05, 3.63) is 101 Å². The maximum Gasteiger partial charge on any atom is 0.261 e. The van der Waals surface area contributed by atoms with E-state index in [4.69, 9.17) is 16.3 Å². The van der Waals surface area contributed by atoms with Crippen molar-refractivity contribution in [2.45, 2.75) is 45.7 Å². The Labute approximate surface area is 213 Å². The van der Waals surface area contributed by atoms with Gasteiger partial charge < -0.3 is 15.0 Å². The van der Waals surface area contributed by atoms with Gasteiger partial charge in [0.25, 0.3) is 5.91 Å². The highest BCUT2D eigenvalue weighted by Crippen LogP contribution is 2.18. The molecule has 0 spiro atoms. The zero-order valence-corrected chi connectivity index (χ0v) is 21.1. The minimum Gasteiger partial charge on any atom is -0.484 e. The summed E-state index contributed by atoms with van der Waals surface area (Å²) in [4.78, 5) is 28.4. The van der Waals surface area contributed by atoms with Crippen molar-refractivity contribution in [1.29, 1.82) is 0 Å². The molecule has 0 radical (unpaired) electrons. The number of aryl methyl sites for hydroxylation is 1. The van der Waals surface area contributed by atoms with E-state index in [1.807, 2.05) is 73.7 Å². The predicted molar refractivity (Wildman–Crippen MR) is 141 cm³/mol. The van der Waals surface area contributed by atoms with E-state index in [-0.39, 0.29) is 25.0 Å². The van der Waals surface area contributed by atoms with Crippen molar-refractivity contribution in [2.75, 3.05) is 13.2 Å². The number of nitrogens with one attached hydrogen (secondary N) is 1. The van der Waals surface area contributed by atoms with Crippen LogP contribution in [0.3, 0.4) is 0 Å². The van der Waals surface area contributed by atoms with Crippen molar-refractivity contribution in [3.8, 4) is 5.75 Å². The van der Waals surface area contributed by atoms with Crippen LogP contribution in [0.25, 0.3) is 0 Å². The molecule has 6 heteroatoms. The average molecular weight is 493 g/mol. The first-order chi connectivity index (χ1) is 17.0. The van der Waals surface area contributed by atoms with Crippen LogP contribution < -0.4 is 10.1 Å². The molecule has 35 heavy (non-hydrogen) atoms. The molecule has 2 amide bonds. The Morgan fingerprint density at radius 2 is 1.54 bits per heavy atom. The topological polar surface area (TPSA) is 58.6 Å². The first kappa shape index (κ1) is 26.3. The van der Waals surface area contributed by atoms with E-state index in [0.29, 0.717) is 23.7 Å². The molecule has 0 aliphatic rings. The van der Waals surface area contributed by atoms with Gasteiger partial charge in [0.2, 0.25) is 5.91 Å². The maximum atomic E-state index is 13.5. The number of hydrogen-bond donors (Lipinski definition) is 1. The highest BCUT2D eigenvalue weighted by Gasteiger charge is 2.30. The summed E-state index contributed by atoms with van der Waals surface area (Å²) in [6.45, 7) is 4.75. The number of nitrogens with zero attached hydrogens (tertiary/aromatic N) is 1. The fourth-order valence-electron chi connectivity index (χ4n) is 3.76. The molecule has 5 nitrogen and oxygen atoms in total. The third-order valence-electron chi connectivity index (χ3n) is 5.78. The summed E-state index contributed by atoms with van der Waals surface area (Å²) >= 11 is 6.06. The summed E-state index contributed by atoms with van der Waals surface area (Å²) in [6, 6.07) is 24.1. The molecule has 0 fully saturated rings. The Balaban J connectivity index is 1.86. The normalized spacial score (nSPS) is 11.5. The van der Waals surface area contributed by atoms with E-state index >= 15 is 0 Å². The summed E-state index contributed by atoms with van der Waals surface area (Å²) in [5.74, 6) is 0.189. The summed E-state index contributed by atoms with van der Waals surface area (Å²) in [6.07, 6.45) is 2.15. The molecule has 1 atom stereocenters. The van der Waals surface area contributed by atoms with Gasteiger partial charge in [-0.1, -0.05) is 80.0 Å². The molecule has 3 aromatic rings. The number of benzene rings is 3. The molecular formula is C29H33ClN2O3. The van der Waals surface area contributed by atoms with Crippen LogP contribution in [0.2, 0.25) is 5.02 Å². The van der Waals surface area contributed by atoms with Crippen molar-refractivity contribution in [3.63, 3.8) is 0 Å². The average Bonchev–Trinajstić information content (AvgIpc) is 2.89. The number of hydrogen-bond acceptors (Lipinski definition) is 3.